The highest BCUT2D eigenvalue weighted by Crippen LogP contribution is 2.17. The Balaban J connectivity index is 1.67. The topological polar surface area (TPSA) is 87.4 Å². The number of aliphatic hydroxyl groups excluding tert-OH is 1. The van der Waals surface area contributed by atoms with Crippen LogP contribution in [-0.4, -0.2) is 45.0 Å². The van der Waals surface area contributed by atoms with Crippen LogP contribution in [0.4, 0.5) is 0 Å². The van der Waals surface area contributed by atoms with Gasteiger partial charge in [0.25, 0.3) is 0 Å². The van der Waals surface area contributed by atoms with Gasteiger partial charge in [-0.1, -0.05) is 49.6 Å². The SMILES string of the molecule is Cc1nnc(CN=C(NCC(CO)c2ccccc2)NC2CCCCC2)n1C. The number of guanidine groups is 1. The van der Waals surface area contributed by atoms with Gasteiger partial charge in [0.15, 0.2) is 11.8 Å². The van der Waals surface area contributed by atoms with Crippen molar-refractivity contribution in [1.29, 1.82) is 0 Å². The maximum absolute atomic E-state index is 9.84. The zero-order valence-electron chi connectivity index (χ0n) is 16.9. The zero-order chi connectivity index (χ0) is 19.8. The lowest BCUT2D eigenvalue weighted by atomic mass is 9.96. The summed E-state index contributed by atoms with van der Waals surface area (Å²) in [6, 6.07) is 10.6. The van der Waals surface area contributed by atoms with Gasteiger partial charge in [0.05, 0.1) is 6.61 Å². The van der Waals surface area contributed by atoms with E-state index in [1.807, 2.05) is 36.7 Å². The molecule has 1 aliphatic carbocycles. The zero-order valence-corrected chi connectivity index (χ0v) is 16.9. The lowest BCUT2D eigenvalue weighted by Gasteiger charge is -2.26. The second-order valence-corrected chi connectivity index (χ2v) is 7.54. The molecule has 1 aromatic carbocycles. The number of benzene rings is 1. The van der Waals surface area contributed by atoms with Crippen molar-refractivity contribution in [3.8, 4) is 0 Å². The summed E-state index contributed by atoms with van der Waals surface area (Å²) in [5.74, 6) is 2.52. The third-order valence-electron chi connectivity index (χ3n) is 5.51. The number of aliphatic hydroxyl groups is 1. The molecule has 0 radical (unpaired) electrons. The van der Waals surface area contributed by atoms with Gasteiger partial charge in [0.1, 0.15) is 12.4 Å². The Bertz CT molecular complexity index is 752. The quantitative estimate of drug-likeness (QED) is 0.503. The Labute approximate surface area is 167 Å². The van der Waals surface area contributed by atoms with Crippen molar-refractivity contribution < 1.29 is 5.11 Å². The van der Waals surface area contributed by atoms with Crippen molar-refractivity contribution in [2.24, 2.45) is 12.0 Å². The molecule has 28 heavy (non-hydrogen) atoms. The molecule has 1 unspecified atom stereocenters. The van der Waals surface area contributed by atoms with Crippen LogP contribution in [0.5, 0.6) is 0 Å². The van der Waals surface area contributed by atoms with E-state index in [1.165, 1.54) is 32.1 Å². The first kappa shape index (κ1) is 20.3. The van der Waals surface area contributed by atoms with Crippen LogP contribution < -0.4 is 10.6 Å². The first-order valence-electron chi connectivity index (χ1n) is 10.2. The highest BCUT2D eigenvalue weighted by Gasteiger charge is 2.17. The Morgan fingerprint density at radius 3 is 2.61 bits per heavy atom. The molecule has 152 valence electrons. The molecule has 3 N–H and O–H groups in total. The van der Waals surface area contributed by atoms with Crippen molar-refractivity contribution >= 4 is 5.96 Å². The monoisotopic (exact) mass is 384 g/mol. The van der Waals surface area contributed by atoms with Crippen LogP contribution in [0.3, 0.4) is 0 Å². The molecule has 1 aromatic heterocycles. The van der Waals surface area contributed by atoms with Crippen molar-refractivity contribution in [3.63, 3.8) is 0 Å². The fraction of sp³-hybridized carbons (Fsp3) is 0.571. The number of nitrogens with one attached hydrogen (secondary N) is 2. The molecule has 0 bridgehead atoms. The van der Waals surface area contributed by atoms with Gasteiger partial charge in [0.2, 0.25) is 0 Å². The summed E-state index contributed by atoms with van der Waals surface area (Å²) < 4.78 is 1.96. The summed E-state index contributed by atoms with van der Waals surface area (Å²) in [7, 11) is 1.96. The maximum atomic E-state index is 9.84. The Morgan fingerprint density at radius 2 is 1.96 bits per heavy atom. The lowest BCUT2D eigenvalue weighted by molar-refractivity contribution is 0.265. The van der Waals surface area contributed by atoms with Crippen molar-refractivity contribution in [2.45, 2.75) is 57.5 Å². The van der Waals surface area contributed by atoms with E-state index in [0.717, 1.165) is 23.2 Å². The maximum Gasteiger partial charge on any atom is 0.191 e. The van der Waals surface area contributed by atoms with Crippen molar-refractivity contribution in [3.05, 3.63) is 47.5 Å². The molecule has 1 saturated carbocycles. The van der Waals surface area contributed by atoms with Crippen LogP contribution in [0.15, 0.2) is 35.3 Å². The van der Waals surface area contributed by atoms with Gasteiger partial charge in [-0.2, -0.15) is 0 Å². The minimum atomic E-state index is 0.0247. The summed E-state index contributed by atoms with van der Waals surface area (Å²) >= 11 is 0. The van der Waals surface area contributed by atoms with Crippen LogP contribution in [-0.2, 0) is 13.6 Å². The number of hydrogen-bond acceptors (Lipinski definition) is 4. The number of nitrogens with zero attached hydrogens (tertiary/aromatic N) is 4. The molecular weight excluding hydrogens is 352 g/mol. The molecule has 0 saturated heterocycles. The Morgan fingerprint density at radius 1 is 1.21 bits per heavy atom. The molecule has 0 spiro atoms. The normalized spacial score (nSPS) is 16.8. The highest BCUT2D eigenvalue weighted by molar-refractivity contribution is 5.80. The third-order valence-corrected chi connectivity index (χ3v) is 5.51. The molecule has 0 amide bonds. The second-order valence-electron chi connectivity index (χ2n) is 7.54. The molecule has 0 aliphatic heterocycles. The number of rotatable bonds is 7. The molecule has 7 heteroatoms. The Hall–Kier alpha value is -2.41. The molecule has 1 heterocycles. The predicted molar refractivity (Wildman–Crippen MR) is 111 cm³/mol. The van der Waals surface area contributed by atoms with E-state index in [-0.39, 0.29) is 12.5 Å². The summed E-state index contributed by atoms with van der Waals surface area (Å²) in [6.07, 6.45) is 6.18. The average Bonchev–Trinajstić information content (AvgIpc) is 3.06. The summed E-state index contributed by atoms with van der Waals surface area (Å²) in [5, 5.41) is 25.2. The Kier molecular flexibility index (Phi) is 7.42. The molecule has 1 atom stereocenters. The summed E-state index contributed by atoms with van der Waals surface area (Å²) in [5.41, 5.74) is 1.12. The van der Waals surface area contributed by atoms with E-state index >= 15 is 0 Å². The minimum Gasteiger partial charge on any atom is -0.396 e. The van der Waals surface area contributed by atoms with Gasteiger partial charge in [0, 0.05) is 25.6 Å². The smallest absolute Gasteiger partial charge is 0.191 e. The number of aromatic nitrogens is 3. The van der Waals surface area contributed by atoms with Gasteiger partial charge in [-0.25, -0.2) is 4.99 Å². The summed E-state index contributed by atoms with van der Waals surface area (Å²) in [6.45, 7) is 3.12. The van der Waals surface area contributed by atoms with Crippen LogP contribution in [0, 0.1) is 6.92 Å². The average molecular weight is 385 g/mol. The molecule has 1 aliphatic rings. The number of aryl methyl sites for hydroxylation is 1. The molecule has 7 nitrogen and oxygen atoms in total. The van der Waals surface area contributed by atoms with Crippen molar-refractivity contribution in [2.75, 3.05) is 13.2 Å². The van der Waals surface area contributed by atoms with Crippen molar-refractivity contribution in [1.82, 2.24) is 25.4 Å². The molecule has 3 rings (SSSR count). The molecule has 1 fully saturated rings. The standard InChI is InChI=1S/C21H32N6O/c1-16-25-26-20(27(16)2)14-23-21(24-19-11-7-4-8-12-19)22-13-18(15-28)17-9-5-3-6-10-17/h3,5-6,9-10,18-19,28H,4,7-8,11-15H2,1-2H3,(H2,22,23,24). The number of aliphatic imine (C=N–C) groups is 1. The summed E-state index contributed by atoms with van der Waals surface area (Å²) in [4.78, 5) is 4.75. The van der Waals surface area contributed by atoms with Gasteiger partial charge in [-0.3, -0.25) is 0 Å². The van der Waals surface area contributed by atoms with Crippen LogP contribution in [0.25, 0.3) is 0 Å². The van der Waals surface area contributed by atoms with Gasteiger partial charge in [-0.05, 0) is 25.3 Å². The fourth-order valence-electron chi connectivity index (χ4n) is 3.56. The first-order chi connectivity index (χ1) is 13.7. The lowest BCUT2D eigenvalue weighted by Crippen LogP contribution is -2.45. The minimum absolute atomic E-state index is 0.0247. The van der Waals surface area contributed by atoms with E-state index in [4.69, 9.17) is 4.99 Å². The van der Waals surface area contributed by atoms with Gasteiger partial charge in [-0.15, -0.1) is 10.2 Å². The number of hydrogen-bond donors (Lipinski definition) is 3. The van der Waals surface area contributed by atoms with Gasteiger partial charge >= 0.3 is 0 Å². The third kappa shape index (κ3) is 5.55. The van der Waals surface area contributed by atoms with E-state index in [9.17, 15) is 5.11 Å². The van der Waals surface area contributed by atoms with Crippen LogP contribution >= 0.6 is 0 Å². The van der Waals surface area contributed by atoms with E-state index in [1.54, 1.807) is 0 Å². The van der Waals surface area contributed by atoms with E-state index in [0.29, 0.717) is 19.1 Å². The molecular formula is C21H32N6O. The van der Waals surface area contributed by atoms with Crippen LogP contribution in [0.1, 0.15) is 55.2 Å². The largest absolute Gasteiger partial charge is 0.396 e. The van der Waals surface area contributed by atoms with Gasteiger partial charge < -0.3 is 20.3 Å². The van der Waals surface area contributed by atoms with Crippen LogP contribution in [0.2, 0.25) is 0 Å². The highest BCUT2D eigenvalue weighted by atomic mass is 16.3. The fourth-order valence-corrected chi connectivity index (χ4v) is 3.56. The second kappa shape index (κ2) is 10.2. The predicted octanol–water partition coefficient (Wildman–Crippen LogP) is 2.27. The first-order valence-corrected chi connectivity index (χ1v) is 10.2. The van der Waals surface area contributed by atoms with E-state index in [2.05, 4.69) is 33.0 Å². The molecule has 2 aromatic rings. The van der Waals surface area contributed by atoms with E-state index < -0.39 is 0 Å².